The summed E-state index contributed by atoms with van der Waals surface area (Å²) >= 11 is 0. The minimum Gasteiger partial charge on any atom is -0.428 e. The first-order valence-electron chi connectivity index (χ1n) is 5.97. The summed E-state index contributed by atoms with van der Waals surface area (Å²) < 4.78 is 26.1. The first-order chi connectivity index (χ1) is 9.50. The maximum atomic E-state index is 12.6. The lowest BCUT2D eigenvalue weighted by Crippen LogP contribution is -2.08. The Hall–Kier alpha value is -2.34. The van der Waals surface area contributed by atoms with Crippen molar-refractivity contribution in [2.45, 2.75) is 16.7 Å². The summed E-state index contributed by atoms with van der Waals surface area (Å²) in [6.45, 7) is 1.89. The van der Waals surface area contributed by atoms with Crippen LogP contribution < -0.4 is 0 Å². The van der Waals surface area contributed by atoms with Gasteiger partial charge < -0.3 is 5.21 Å². The fourth-order valence-corrected chi connectivity index (χ4v) is 3.46. The van der Waals surface area contributed by atoms with Crippen molar-refractivity contribution in [2.24, 2.45) is 0 Å². The molecule has 0 atom stereocenters. The SMILES string of the molecule is Cc1ccc(S(=O)(=O)c2ccn(O)c3ccnc2-3)cc1. The van der Waals surface area contributed by atoms with E-state index >= 15 is 0 Å². The molecule has 0 fully saturated rings. The number of aromatic nitrogens is 2. The third kappa shape index (κ3) is 1.85. The molecule has 0 saturated heterocycles. The average molecular weight is 288 g/mol. The van der Waals surface area contributed by atoms with Crippen molar-refractivity contribution >= 4 is 9.84 Å². The molecule has 2 aliphatic heterocycles. The van der Waals surface area contributed by atoms with Crippen molar-refractivity contribution in [3.63, 3.8) is 0 Å². The molecule has 0 spiro atoms. The van der Waals surface area contributed by atoms with E-state index in [4.69, 9.17) is 0 Å². The molecule has 2 aliphatic rings. The molecular weight excluding hydrogens is 276 g/mol. The van der Waals surface area contributed by atoms with Crippen LogP contribution in [0.3, 0.4) is 0 Å². The van der Waals surface area contributed by atoms with Crippen LogP contribution in [0.2, 0.25) is 0 Å². The summed E-state index contributed by atoms with van der Waals surface area (Å²) in [5.74, 6) is 0. The molecule has 0 amide bonds. The molecular formula is C14H12N2O3S. The summed E-state index contributed by atoms with van der Waals surface area (Å²) in [5.41, 5.74) is 1.61. The fourth-order valence-electron chi connectivity index (χ4n) is 2.06. The second-order valence-corrected chi connectivity index (χ2v) is 6.44. The zero-order valence-corrected chi connectivity index (χ0v) is 11.5. The Morgan fingerprint density at radius 3 is 2.50 bits per heavy atom. The normalized spacial score (nSPS) is 11.8. The third-order valence-electron chi connectivity index (χ3n) is 3.15. The topological polar surface area (TPSA) is 72.2 Å². The minimum atomic E-state index is -3.66. The van der Waals surface area contributed by atoms with Crippen molar-refractivity contribution in [2.75, 3.05) is 0 Å². The van der Waals surface area contributed by atoms with Crippen LogP contribution in [0, 0.1) is 6.92 Å². The van der Waals surface area contributed by atoms with Gasteiger partial charge in [-0.15, -0.1) is 0 Å². The van der Waals surface area contributed by atoms with E-state index in [0.717, 1.165) is 10.3 Å². The van der Waals surface area contributed by atoms with Gasteiger partial charge in [0.1, 0.15) is 16.3 Å². The van der Waals surface area contributed by atoms with E-state index < -0.39 is 9.84 Å². The Balaban J connectivity index is 2.22. The lowest BCUT2D eigenvalue weighted by atomic mass is 10.2. The molecule has 0 aromatic heterocycles. The first kappa shape index (κ1) is 12.7. The summed E-state index contributed by atoms with van der Waals surface area (Å²) in [7, 11) is -3.66. The van der Waals surface area contributed by atoms with Gasteiger partial charge in [0.15, 0.2) is 0 Å². The summed E-state index contributed by atoms with van der Waals surface area (Å²) in [4.78, 5) is 4.33. The first-order valence-corrected chi connectivity index (χ1v) is 7.45. The average Bonchev–Trinajstić information content (AvgIpc) is 2.89. The number of nitrogens with zero attached hydrogens (tertiary/aromatic N) is 2. The number of aryl methyl sites for hydroxylation is 1. The van der Waals surface area contributed by atoms with Gasteiger partial charge in [0.25, 0.3) is 0 Å². The van der Waals surface area contributed by atoms with Gasteiger partial charge in [-0.2, -0.15) is 4.73 Å². The highest BCUT2D eigenvalue weighted by molar-refractivity contribution is 7.91. The van der Waals surface area contributed by atoms with Crippen LogP contribution in [-0.4, -0.2) is 23.3 Å². The Kier molecular flexibility index (Phi) is 2.76. The van der Waals surface area contributed by atoms with Crippen LogP contribution in [0.5, 0.6) is 0 Å². The van der Waals surface area contributed by atoms with E-state index in [-0.39, 0.29) is 15.5 Å². The molecule has 1 N–H and O–H groups in total. The van der Waals surface area contributed by atoms with Gasteiger partial charge in [0.2, 0.25) is 9.84 Å². The third-order valence-corrected chi connectivity index (χ3v) is 4.95. The fraction of sp³-hybridized carbons (Fsp3) is 0.0714. The Morgan fingerprint density at radius 1 is 1.10 bits per heavy atom. The van der Waals surface area contributed by atoms with Crippen LogP contribution in [0.1, 0.15) is 5.56 Å². The smallest absolute Gasteiger partial charge is 0.208 e. The molecule has 0 bridgehead atoms. The number of pyridine rings is 1. The van der Waals surface area contributed by atoms with E-state index in [1.54, 1.807) is 30.3 Å². The maximum absolute atomic E-state index is 12.6. The van der Waals surface area contributed by atoms with Crippen LogP contribution >= 0.6 is 0 Å². The molecule has 0 unspecified atom stereocenters. The molecule has 0 saturated carbocycles. The molecule has 3 rings (SSSR count). The molecule has 2 heterocycles. The maximum Gasteiger partial charge on any atom is 0.208 e. The monoisotopic (exact) mass is 288 g/mol. The van der Waals surface area contributed by atoms with Crippen molar-refractivity contribution < 1.29 is 13.6 Å². The van der Waals surface area contributed by atoms with Gasteiger partial charge in [-0.05, 0) is 31.2 Å². The zero-order chi connectivity index (χ0) is 14.3. The largest absolute Gasteiger partial charge is 0.428 e. The molecule has 0 aliphatic carbocycles. The zero-order valence-electron chi connectivity index (χ0n) is 10.7. The molecule has 1 aromatic rings. The summed E-state index contributed by atoms with van der Waals surface area (Å²) in [6.07, 6.45) is 2.76. The minimum absolute atomic E-state index is 0.0895. The molecule has 102 valence electrons. The number of sulfone groups is 1. The summed E-state index contributed by atoms with van der Waals surface area (Å²) in [6, 6.07) is 9.54. The van der Waals surface area contributed by atoms with E-state index in [1.807, 2.05) is 6.92 Å². The Labute approximate surface area is 116 Å². The van der Waals surface area contributed by atoms with Gasteiger partial charge >= 0.3 is 0 Å². The van der Waals surface area contributed by atoms with Crippen LogP contribution in [-0.2, 0) is 9.84 Å². The second kappa shape index (κ2) is 4.35. The number of benzene rings is 1. The van der Waals surface area contributed by atoms with E-state index in [9.17, 15) is 13.6 Å². The number of hydrogen-bond donors (Lipinski definition) is 1. The van der Waals surface area contributed by atoms with Crippen LogP contribution in [0.15, 0.2) is 58.6 Å². The highest BCUT2D eigenvalue weighted by atomic mass is 32.2. The van der Waals surface area contributed by atoms with Crippen molar-refractivity contribution in [1.29, 1.82) is 0 Å². The van der Waals surface area contributed by atoms with Gasteiger partial charge in [0, 0.05) is 12.4 Å². The molecule has 1 aromatic carbocycles. The number of rotatable bonds is 2. The Morgan fingerprint density at radius 2 is 1.80 bits per heavy atom. The molecule has 6 heteroatoms. The summed E-state index contributed by atoms with van der Waals surface area (Å²) in [5, 5.41) is 9.64. The molecule has 0 radical (unpaired) electrons. The number of hydrogen-bond acceptors (Lipinski definition) is 4. The Bertz CT molecular complexity index is 835. The van der Waals surface area contributed by atoms with E-state index in [0.29, 0.717) is 5.69 Å². The van der Waals surface area contributed by atoms with Gasteiger partial charge in [-0.3, -0.25) is 4.98 Å². The van der Waals surface area contributed by atoms with E-state index in [1.165, 1.54) is 18.5 Å². The van der Waals surface area contributed by atoms with Gasteiger partial charge in [0.05, 0.1) is 4.90 Å². The van der Waals surface area contributed by atoms with Crippen molar-refractivity contribution in [3.8, 4) is 11.4 Å². The van der Waals surface area contributed by atoms with Gasteiger partial charge in [-0.1, -0.05) is 17.7 Å². The van der Waals surface area contributed by atoms with Crippen molar-refractivity contribution in [1.82, 2.24) is 9.71 Å². The van der Waals surface area contributed by atoms with Crippen LogP contribution in [0.25, 0.3) is 11.4 Å². The quantitative estimate of drug-likeness (QED) is 0.735. The predicted octanol–water partition coefficient (Wildman–Crippen LogP) is 2.37. The predicted molar refractivity (Wildman–Crippen MR) is 72.7 cm³/mol. The van der Waals surface area contributed by atoms with Crippen molar-refractivity contribution in [3.05, 3.63) is 54.4 Å². The van der Waals surface area contributed by atoms with Crippen LogP contribution in [0.4, 0.5) is 0 Å². The lowest BCUT2D eigenvalue weighted by Gasteiger charge is -2.11. The lowest BCUT2D eigenvalue weighted by molar-refractivity contribution is 0.188. The number of fused-ring (bicyclic) bond motifs is 1. The highest BCUT2D eigenvalue weighted by Gasteiger charge is 2.25. The highest BCUT2D eigenvalue weighted by Crippen LogP contribution is 2.31. The molecule has 5 nitrogen and oxygen atoms in total. The standard InChI is InChI=1S/C14H12N2O3S/c1-10-2-4-11(5-3-10)20(18,19)13-7-9-16(17)12-6-8-15-14(12)13/h2-9,17H,1H3. The molecule has 20 heavy (non-hydrogen) atoms. The van der Waals surface area contributed by atoms with E-state index in [2.05, 4.69) is 4.98 Å². The van der Waals surface area contributed by atoms with Gasteiger partial charge in [-0.25, -0.2) is 8.42 Å². The second-order valence-electron chi connectivity index (χ2n) is 4.52.